The third-order valence-corrected chi connectivity index (χ3v) is 6.07. The van der Waals surface area contributed by atoms with Crippen LogP contribution in [0.3, 0.4) is 0 Å². The van der Waals surface area contributed by atoms with E-state index in [0.717, 1.165) is 23.1 Å². The number of allylic oxidation sites excluding steroid dienone is 1. The minimum atomic E-state index is -1.50. The van der Waals surface area contributed by atoms with Crippen LogP contribution >= 0.6 is 0 Å². The van der Waals surface area contributed by atoms with Crippen molar-refractivity contribution in [1.82, 2.24) is 0 Å². The van der Waals surface area contributed by atoms with E-state index in [2.05, 4.69) is 93.6 Å². The van der Waals surface area contributed by atoms with Crippen LogP contribution in [0, 0.1) is 0 Å². The van der Waals surface area contributed by atoms with Crippen molar-refractivity contribution in [3.63, 3.8) is 0 Å². The molecule has 0 saturated carbocycles. The van der Waals surface area contributed by atoms with Gasteiger partial charge in [0, 0.05) is 0 Å². The Kier molecular flexibility index (Phi) is 6.59. The molecule has 160 valence electrons. The summed E-state index contributed by atoms with van der Waals surface area (Å²) in [4.78, 5) is 0. The van der Waals surface area contributed by atoms with Crippen LogP contribution in [-0.4, -0.2) is 17.2 Å². The predicted octanol–water partition coefficient (Wildman–Crippen LogP) is 6.01. The molecule has 0 aliphatic heterocycles. The molecule has 0 radical (unpaired) electrons. The first-order chi connectivity index (χ1) is 15.5. The third-order valence-electron chi connectivity index (χ3n) is 6.07. The smallest absolute Gasteiger partial charge is 0.423 e. The molecule has 0 fully saturated rings. The number of rotatable bonds is 6. The lowest BCUT2D eigenvalue weighted by molar-refractivity contribution is 0.425. The van der Waals surface area contributed by atoms with Gasteiger partial charge in [-0.1, -0.05) is 112 Å². The van der Waals surface area contributed by atoms with E-state index in [0.29, 0.717) is 5.46 Å². The van der Waals surface area contributed by atoms with Gasteiger partial charge in [-0.2, -0.15) is 0 Å². The summed E-state index contributed by atoms with van der Waals surface area (Å²) in [6.45, 7) is 6.43. The zero-order chi connectivity index (χ0) is 22.7. The molecule has 2 nitrogen and oxygen atoms in total. The van der Waals surface area contributed by atoms with Crippen LogP contribution in [0.25, 0.3) is 21.9 Å². The van der Waals surface area contributed by atoms with E-state index in [1.54, 1.807) is 0 Å². The highest BCUT2D eigenvalue weighted by molar-refractivity contribution is 6.58. The van der Waals surface area contributed by atoms with Crippen LogP contribution in [0.1, 0.15) is 55.4 Å². The Hall–Kier alpha value is -3.14. The van der Waals surface area contributed by atoms with Gasteiger partial charge in [-0.25, -0.2) is 0 Å². The molecule has 0 unspecified atom stereocenters. The van der Waals surface area contributed by atoms with Crippen molar-refractivity contribution in [2.75, 3.05) is 0 Å². The van der Waals surface area contributed by atoms with E-state index in [4.69, 9.17) is 0 Å². The molecule has 0 aliphatic rings. The van der Waals surface area contributed by atoms with Crippen molar-refractivity contribution < 1.29 is 10.0 Å². The van der Waals surface area contributed by atoms with Crippen molar-refractivity contribution in [3.8, 4) is 0 Å². The van der Waals surface area contributed by atoms with Crippen LogP contribution in [0.4, 0.5) is 0 Å². The molecule has 0 bridgehead atoms. The van der Waals surface area contributed by atoms with Crippen LogP contribution in [-0.2, 0) is 0 Å². The Morgan fingerprint density at radius 2 is 1.47 bits per heavy atom. The van der Waals surface area contributed by atoms with Gasteiger partial charge < -0.3 is 10.0 Å². The van der Waals surface area contributed by atoms with E-state index in [9.17, 15) is 10.0 Å². The number of benzene rings is 4. The zero-order valence-corrected chi connectivity index (χ0v) is 18.9. The van der Waals surface area contributed by atoms with Crippen molar-refractivity contribution in [2.45, 2.75) is 33.1 Å². The van der Waals surface area contributed by atoms with Gasteiger partial charge in [0.15, 0.2) is 0 Å². The first-order valence-corrected chi connectivity index (χ1v) is 11.3. The van der Waals surface area contributed by atoms with Crippen LogP contribution in [0.5, 0.6) is 0 Å². The van der Waals surface area contributed by atoms with Crippen molar-refractivity contribution in [3.05, 3.63) is 113 Å². The second-order valence-corrected chi connectivity index (χ2v) is 8.52. The van der Waals surface area contributed by atoms with Crippen LogP contribution in [0.15, 0.2) is 91.0 Å². The van der Waals surface area contributed by atoms with Gasteiger partial charge in [-0.15, -0.1) is 0 Å². The molecule has 0 atom stereocenters. The highest BCUT2D eigenvalue weighted by Crippen LogP contribution is 2.38. The number of hydrogen-bond donors (Lipinski definition) is 2. The van der Waals surface area contributed by atoms with E-state index >= 15 is 0 Å². The Morgan fingerprint density at radius 1 is 0.781 bits per heavy atom. The molecular formula is C29H29BO2. The van der Waals surface area contributed by atoms with Crippen molar-refractivity contribution in [2.24, 2.45) is 0 Å². The summed E-state index contributed by atoms with van der Waals surface area (Å²) >= 11 is 0. The molecule has 4 rings (SSSR count). The number of hydrogen-bond acceptors (Lipinski definition) is 2. The predicted molar refractivity (Wildman–Crippen MR) is 137 cm³/mol. The maximum Gasteiger partial charge on any atom is 0.488 e. The third kappa shape index (κ3) is 4.41. The molecule has 4 aromatic rings. The first kappa shape index (κ1) is 22.1. The molecule has 0 aromatic heterocycles. The summed E-state index contributed by atoms with van der Waals surface area (Å²) < 4.78 is 0. The molecule has 0 saturated heterocycles. The normalized spacial score (nSPS) is 12.2. The minimum absolute atomic E-state index is 0.281. The molecule has 2 N–H and O–H groups in total. The van der Waals surface area contributed by atoms with E-state index < -0.39 is 7.12 Å². The van der Waals surface area contributed by atoms with Gasteiger partial charge in [0.2, 0.25) is 0 Å². The highest BCUT2D eigenvalue weighted by Gasteiger charge is 2.19. The monoisotopic (exact) mass is 420 g/mol. The van der Waals surface area contributed by atoms with Crippen molar-refractivity contribution in [1.29, 1.82) is 0 Å². The van der Waals surface area contributed by atoms with Gasteiger partial charge in [0.1, 0.15) is 0 Å². The zero-order valence-electron chi connectivity index (χ0n) is 18.9. The topological polar surface area (TPSA) is 40.5 Å². The van der Waals surface area contributed by atoms with Crippen molar-refractivity contribution >= 4 is 34.5 Å². The largest absolute Gasteiger partial charge is 0.488 e. The van der Waals surface area contributed by atoms with E-state index in [1.807, 2.05) is 18.2 Å². The molecule has 0 heterocycles. The lowest BCUT2D eigenvalue weighted by Gasteiger charge is -2.20. The molecule has 3 heteroatoms. The fourth-order valence-corrected chi connectivity index (χ4v) is 4.40. The van der Waals surface area contributed by atoms with Gasteiger partial charge in [-0.05, 0) is 62.0 Å². The molecular weight excluding hydrogens is 391 g/mol. The Labute approximate surface area is 191 Å². The molecule has 0 spiro atoms. The lowest BCUT2D eigenvalue weighted by atomic mass is 9.76. The second kappa shape index (κ2) is 9.56. The molecule has 0 amide bonds. The molecule has 4 aromatic carbocycles. The summed E-state index contributed by atoms with van der Waals surface area (Å²) in [5.41, 5.74) is 7.38. The fourth-order valence-electron chi connectivity index (χ4n) is 4.40. The molecule has 32 heavy (non-hydrogen) atoms. The Balaban J connectivity index is 2.09. The van der Waals surface area contributed by atoms with Crippen LogP contribution in [0.2, 0.25) is 0 Å². The van der Waals surface area contributed by atoms with E-state index in [1.165, 1.54) is 27.5 Å². The fraction of sp³-hybridized carbons (Fsp3) is 0.172. The van der Waals surface area contributed by atoms with Gasteiger partial charge in [0.25, 0.3) is 0 Å². The summed E-state index contributed by atoms with van der Waals surface area (Å²) in [7, 11) is -1.50. The Bertz CT molecular complexity index is 1230. The molecule has 0 aliphatic carbocycles. The maximum absolute atomic E-state index is 9.96. The minimum Gasteiger partial charge on any atom is -0.423 e. The average Bonchev–Trinajstić information content (AvgIpc) is 2.82. The first-order valence-electron chi connectivity index (χ1n) is 11.3. The Morgan fingerprint density at radius 3 is 2.16 bits per heavy atom. The summed E-state index contributed by atoms with van der Waals surface area (Å²) in [6, 6.07) is 31.4. The lowest BCUT2D eigenvalue weighted by Crippen LogP contribution is -2.30. The standard InChI is InChI=1S/C29H29BO2/c1-4-26(24-17-23(20(2)3)18-25(19-24)30(31)32)29(22-12-6-5-7-13-22)28-16-10-14-21-11-8-9-15-27(21)28/h5-20,31-32H,4H2,1-3H3/b29-26+. The highest BCUT2D eigenvalue weighted by atomic mass is 16.4. The van der Waals surface area contributed by atoms with Gasteiger partial charge in [-0.3, -0.25) is 0 Å². The number of fused-ring (bicyclic) bond motifs is 1. The quantitative estimate of drug-likeness (QED) is 0.296. The summed E-state index contributed by atoms with van der Waals surface area (Å²) in [5, 5.41) is 22.3. The van der Waals surface area contributed by atoms with Gasteiger partial charge in [0.05, 0.1) is 0 Å². The SMILES string of the molecule is CC/C(=C(/c1ccccc1)c1cccc2ccccc12)c1cc(B(O)O)cc(C(C)C)c1. The average molecular weight is 420 g/mol. The maximum atomic E-state index is 9.96. The summed E-state index contributed by atoms with van der Waals surface area (Å²) in [5.74, 6) is 0.281. The van der Waals surface area contributed by atoms with Crippen LogP contribution < -0.4 is 5.46 Å². The summed E-state index contributed by atoms with van der Waals surface area (Å²) in [6.07, 6.45) is 0.815. The van der Waals surface area contributed by atoms with Gasteiger partial charge >= 0.3 is 7.12 Å². The van der Waals surface area contributed by atoms with E-state index in [-0.39, 0.29) is 5.92 Å². The second-order valence-electron chi connectivity index (χ2n) is 8.52.